The number of nitrogens with zero attached hydrogens (tertiary/aromatic N) is 2. The molecule has 1 N–H and O–H groups in total. The van der Waals surface area contributed by atoms with Crippen LogP contribution < -0.4 is 5.32 Å². The lowest BCUT2D eigenvalue weighted by Crippen LogP contribution is -2.53. The molecular formula is C18H33N3O2. The second kappa shape index (κ2) is 6.98. The van der Waals surface area contributed by atoms with Gasteiger partial charge in [-0.1, -0.05) is 0 Å². The molecule has 0 spiro atoms. The normalized spacial score (nSPS) is 30.9. The van der Waals surface area contributed by atoms with Crippen molar-refractivity contribution in [1.82, 2.24) is 15.1 Å². The Morgan fingerprint density at radius 3 is 2.13 bits per heavy atom. The summed E-state index contributed by atoms with van der Waals surface area (Å²) >= 11 is 0. The lowest BCUT2D eigenvalue weighted by molar-refractivity contribution is 0.0427. The van der Waals surface area contributed by atoms with Crippen LogP contribution >= 0.6 is 0 Å². The molecule has 1 amide bonds. The summed E-state index contributed by atoms with van der Waals surface area (Å²) in [4.78, 5) is 17.3. The van der Waals surface area contributed by atoms with Crippen molar-refractivity contribution in [3.05, 3.63) is 0 Å². The molecule has 3 rings (SSSR count). The maximum atomic E-state index is 12.0. The van der Waals surface area contributed by atoms with Crippen molar-refractivity contribution < 1.29 is 9.53 Å². The SMILES string of the molecule is CC(C)(C)OC(=O)N[C@H]1CCC[C@@H](N2CCN(C3CC3)CC2)C1. The third-order valence-electron chi connectivity index (χ3n) is 5.30. The number of alkyl carbamates (subject to hydrolysis) is 1. The molecule has 1 heterocycles. The average Bonchev–Trinajstić information content (AvgIpc) is 3.30. The average molecular weight is 323 g/mol. The topological polar surface area (TPSA) is 44.8 Å². The standard InChI is InChI=1S/C18H33N3O2/c1-18(2,3)23-17(22)19-14-5-4-6-16(13-14)21-11-9-20(10-12-21)15-7-8-15/h14-16H,4-13H2,1-3H3,(H,19,22)/t14-,16+/m0/s1. The third kappa shape index (κ3) is 5.08. The molecule has 0 radical (unpaired) electrons. The van der Waals surface area contributed by atoms with Crippen molar-refractivity contribution in [3.8, 4) is 0 Å². The third-order valence-corrected chi connectivity index (χ3v) is 5.30. The summed E-state index contributed by atoms with van der Waals surface area (Å²) in [5.74, 6) is 0. The molecule has 0 unspecified atom stereocenters. The fourth-order valence-corrected chi connectivity index (χ4v) is 4.01. The summed E-state index contributed by atoms with van der Waals surface area (Å²) in [6, 6.07) is 1.79. The van der Waals surface area contributed by atoms with Crippen LogP contribution in [0, 0.1) is 0 Å². The zero-order valence-corrected chi connectivity index (χ0v) is 15.0. The van der Waals surface area contributed by atoms with Gasteiger partial charge >= 0.3 is 6.09 Å². The molecule has 0 aromatic heterocycles. The molecule has 0 aromatic rings. The van der Waals surface area contributed by atoms with E-state index in [1.54, 1.807) is 0 Å². The maximum absolute atomic E-state index is 12.0. The lowest BCUT2D eigenvalue weighted by Gasteiger charge is -2.42. The second-order valence-corrected chi connectivity index (χ2v) is 8.47. The van der Waals surface area contributed by atoms with E-state index >= 15 is 0 Å². The summed E-state index contributed by atoms with van der Waals surface area (Å²) in [5.41, 5.74) is -0.419. The largest absolute Gasteiger partial charge is 0.444 e. The number of carbonyl (C=O) groups is 1. The number of rotatable bonds is 3. The van der Waals surface area contributed by atoms with Crippen LogP contribution in [0.3, 0.4) is 0 Å². The number of carbonyl (C=O) groups excluding carboxylic acids is 1. The Hall–Kier alpha value is -0.810. The quantitative estimate of drug-likeness (QED) is 0.867. The minimum absolute atomic E-state index is 0.262. The molecule has 5 nitrogen and oxygen atoms in total. The smallest absolute Gasteiger partial charge is 0.407 e. The highest BCUT2D eigenvalue weighted by Crippen LogP contribution is 2.29. The predicted octanol–water partition coefficient (Wildman–Crippen LogP) is 2.60. The van der Waals surface area contributed by atoms with Crippen LogP contribution in [0.2, 0.25) is 0 Å². The molecule has 2 aliphatic carbocycles. The zero-order valence-electron chi connectivity index (χ0n) is 15.0. The Balaban J connectivity index is 1.43. The van der Waals surface area contributed by atoms with Crippen molar-refractivity contribution in [2.24, 2.45) is 0 Å². The van der Waals surface area contributed by atoms with Gasteiger partial charge in [0.2, 0.25) is 0 Å². The number of amides is 1. The van der Waals surface area contributed by atoms with E-state index < -0.39 is 5.60 Å². The van der Waals surface area contributed by atoms with E-state index in [2.05, 4.69) is 15.1 Å². The molecule has 23 heavy (non-hydrogen) atoms. The van der Waals surface area contributed by atoms with Gasteiger partial charge < -0.3 is 10.1 Å². The Bertz CT molecular complexity index is 409. The minimum Gasteiger partial charge on any atom is -0.444 e. The van der Waals surface area contributed by atoms with Gasteiger partial charge in [-0.05, 0) is 59.3 Å². The van der Waals surface area contributed by atoms with Crippen molar-refractivity contribution in [2.75, 3.05) is 26.2 Å². The molecular weight excluding hydrogens is 290 g/mol. The van der Waals surface area contributed by atoms with E-state index in [0.717, 1.165) is 18.9 Å². The summed E-state index contributed by atoms with van der Waals surface area (Å²) in [7, 11) is 0. The lowest BCUT2D eigenvalue weighted by atomic mass is 9.89. The van der Waals surface area contributed by atoms with E-state index in [1.807, 2.05) is 20.8 Å². The monoisotopic (exact) mass is 323 g/mol. The molecule has 3 aliphatic rings. The van der Waals surface area contributed by atoms with Gasteiger partial charge in [-0.2, -0.15) is 0 Å². The Kier molecular flexibility index (Phi) is 5.16. The fourth-order valence-electron chi connectivity index (χ4n) is 4.01. The molecule has 2 saturated carbocycles. The number of piperazine rings is 1. The molecule has 1 aliphatic heterocycles. The predicted molar refractivity (Wildman–Crippen MR) is 91.6 cm³/mol. The molecule has 2 atom stereocenters. The first-order chi connectivity index (χ1) is 10.9. The molecule has 3 fully saturated rings. The van der Waals surface area contributed by atoms with Gasteiger partial charge in [0.05, 0.1) is 0 Å². The Labute approximate surface area is 140 Å². The first kappa shape index (κ1) is 17.0. The van der Waals surface area contributed by atoms with E-state index in [4.69, 9.17) is 4.74 Å². The van der Waals surface area contributed by atoms with Crippen LogP contribution in [0.4, 0.5) is 4.79 Å². The summed E-state index contributed by atoms with van der Waals surface area (Å²) in [6.45, 7) is 10.6. The van der Waals surface area contributed by atoms with E-state index in [-0.39, 0.29) is 12.1 Å². The van der Waals surface area contributed by atoms with Crippen molar-refractivity contribution >= 4 is 6.09 Å². The van der Waals surface area contributed by atoms with Crippen LogP contribution in [0.1, 0.15) is 59.3 Å². The van der Waals surface area contributed by atoms with Crippen molar-refractivity contribution in [2.45, 2.75) is 83.0 Å². The van der Waals surface area contributed by atoms with Gasteiger partial charge in [-0.25, -0.2) is 4.79 Å². The maximum Gasteiger partial charge on any atom is 0.407 e. The summed E-state index contributed by atoms with van der Waals surface area (Å²) < 4.78 is 5.40. The van der Waals surface area contributed by atoms with E-state index in [0.29, 0.717) is 6.04 Å². The highest BCUT2D eigenvalue weighted by atomic mass is 16.6. The summed E-state index contributed by atoms with van der Waals surface area (Å²) in [6.07, 6.45) is 7.18. The van der Waals surface area contributed by atoms with Crippen LogP contribution in [-0.4, -0.2) is 65.8 Å². The highest BCUT2D eigenvalue weighted by molar-refractivity contribution is 5.68. The van der Waals surface area contributed by atoms with Gasteiger partial charge in [0, 0.05) is 44.3 Å². The molecule has 0 aromatic carbocycles. The van der Waals surface area contributed by atoms with Crippen LogP contribution in [0.15, 0.2) is 0 Å². The summed E-state index contributed by atoms with van der Waals surface area (Å²) in [5, 5.41) is 3.08. The highest BCUT2D eigenvalue weighted by Gasteiger charge is 2.34. The molecule has 1 saturated heterocycles. The van der Waals surface area contributed by atoms with Crippen LogP contribution in [0.5, 0.6) is 0 Å². The van der Waals surface area contributed by atoms with Gasteiger partial charge in [0.25, 0.3) is 0 Å². The first-order valence-corrected chi connectivity index (χ1v) is 9.38. The molecule has 0 bridgehead atoms. The number of ether oxygens (including phenoxy) is 1. The first-order valence-electron chi connectivity index (χ1n) is 9.38. The zero-order chi connectivity index (χ0) is 16.4. The van der Waals surface area contributed by atoms with Gasteiger partial charge in [0.1, 0.15) is 5.60 Å². The van der Waals surface area contributed by atoms with Crippen LogP contribution in [-0.2, 0) is 4.74 Å². The van der Waals surface area contributed by atoms with Gasteiger partial charge in [0.15, 0.2) is 0 Å². The number of hydrogen-bond donors (Lipinski definition) is 1. The minimum atomic E-state index is -0.419. The fraction of sp³-hybridized carbons (Fsp3) is 0.944. The Morgan fingerprint density at radius 1 is 0.957 bits per heavy atom. The van der Waals surface area contributed by atoms with Crippen molar-refractivity contribution in [1.29, 1.82) is 0 Å². The molecule has 5 heteroatoms. The van der Waals surface area contributed by atoms with Gasteiger partial charge in [-0.15, -0.1) is 0 Å². The van der Waals surface area contributed by atoms with Gasteiger partial charge in [-0.3, -0.25) is 9.80 Å². The number of hydrogen-bond acceptors (Lipinski definition) is 4. The number of nitrogens with one attached hydrogen (secondary N) is 1. The van der Waals surface area contributed by atoms with Crippen LogP contribution in [0.25, 0.3) is 0 Å². The Morgan fingerprint density at radius 2 is 1.57 bits per heavy atom. The van der Waals surface area contributed by atoms with E-state index in [9.17, 15) is 4.79 Å². The van der Waals surface area contributed by atoms with Crippen molar-refractivity contribution in [3.63, 3.8) is 0 Å². The van der Waals surface area contributed by atoms with E-state index in [1.165, 1.54) is 51.9 Å². The second-order valence-electron chi connectivity index (χ2n) is 8.47. The molecule has 132 valence electrons.